The molecular weight excluding hydrogens is 270 g/mol. The summed E-state index contributed by atoms with van der Waals surface area (Å²) in [5.41, 5.74) is 0.856. The molecule has 0 aromatic heterocycles. The number of ether oxygens (including phenoxy) is 1. The van der Waals surface area contributed by atoms with Gasteiger partial charge < -0.3 is 15.2 Å². The van der Waals surface area contributed by atoms with Crippen molar-refractivity contribution < 1.29 is 9.84 Å². The first-order valence-corrected chi connectivity index (χ1v) is 7.53. The van der Waals surface area contributed by atoms with Crippen molar-refractivity contribution in [3.63, 3.8) is 0 Å². The van der Waals surface area contributed by atoms with Crippen LogP contribution in [-0.4, -0.2) is 24.5 Å². The molecule has 0 aliphatic rings. The van der Waals surface area contributed by atoms with Crippen LogP contribution >= 0.6 is 11.8 Å². The van der Waals surface area contributed by atoms with E-state index in [2.05, 4.69) is 17.4 Å². The molecule has 0 aliphatic heterocycles. The van der Waals surface area contributed by atoms with Crippen molar-refractivity contribution in [3.05, 3.63) is 54.1 Å². The Kier molecular flexibility index (Phi) is 5.77. The number of hydrogen-bond acceptors (Lipinski definition) is 4. The zero-order chi connectivity index (χ0) is 14.2. The van der Waals surface area contributed by atoms with E-state index in [0.29, 0.717) is 12.3 Å². The molecule has 0 atom stereocenters. The minimum Gasteiger partial charge on any atom is -0.504 e. The predicted octanol–water partition coefficient (Wildman–Crippen LogP) is 3.28. The summed E-state index contributed by atoms with van der Waals surface area (Å²) in [5, 5.41) is 13.3. The molecule has 0 spiro atoms. The number of methoxy groups -OCH3 is 1. The number of phenols is 1. The van der Waals surface area contributed by atoms with E-state index in [9.17, 15) is 5.11 Å². The van der Waals surface area contributed by atoms with Crippen LogP contribution in [0.25, 0.3) is 0 Å². The standard InChI is InChI=1S/C16H19NO2S/c1-19-15-9-5-6-13(16(15)18)12-17-10-11-20-14-7-3-2-4-8-14/h2-9,17-18H,10-12H2,1H3. The number of aromatic hydroxyl groups is 1. The number of thioether (sulfide) groups is 1. The Morgan fingerprint density at radius 2 is 1.90 bits per heavy atom. The lowest BCUT2D eigenvalue weighted by molar-refractivity contribution is 0.370. The van der Waals surface area contributed by atoms with Crippen molar-refractivity contribution in [1.82, 2.24) is 5.32 Å². The molecule has 0 heterocycles. The van der Waals surface area contributed by atoms with Gasteiger partial charge in [0, 0.05) is 29.3 Å². The second kappa shape index (κ2) is 7.82. The van der Waals surface area contributed by atoms with Crippen molar-refractivity contribution in [1.29, 1.82) is 0 Å². The minimum atomic E-state index is 0.221. The summed E-state index contributed by atoms with van der Waals surface area (Å²) in [6, 6.07) is 15.9. The minimum absolute atomic E-state index is 0.221. The van der Waals surface area contributed by atoms with Gasteiger partial charge in [0.15, 0.2) is 11.5 Å². The summed E-state index contributed by atoms with van der Waals surface area (Å²) in [5.74, 6) is 1.73. The van der Waals surface area contributed by atoms with Gasteiger partial charge in [-0.1, -0.05) is 30.3 Å². The molecule has 2 rings (SSSR count). The highest BCUT2D eigenvalue weighted by molar-refractivity contribution is 7.99. The Hall–Kier alpha value is -1.65. The summed E-state index contributed by atoms with van der Waals surface area (Å²) in [6.07, 6.45) is 0. The maximum atomic E-state index is 9.95. The van der Waals surface area contributed by atoms with Gasteiger partial charge in [-0.2, -0.15) is 0 Å². The van der Waals surface area contributed by atoms with Gasteiger partial charge in [-0.05, 0) is 18.2 Å². The molecule has 0 aliphatic carbocycles. The van der Waals surface area contributed by atoms with E-state index in [4.69, 9.17) is 4.74 Å². The normalized spacial score (nSPS) is 10.4. The first-order valence-electron chi connectivity index (χ1n) is 6.54. The van der Waals surface area contributed by atoms with E-state index in [0.717, 1.165) is 17.9 Å². The Balaban J connectivity index is 1.74. The molecule has 0 radical (unpaired) electrons. The second-order valence-electron chi connectivity index (χ2n) is 4.31. The van der Waals surface area contributed by atoms with Crippen LogP contribution in [0.3, 0.4) is 0 Å². The van der Waals surface area contributed by atoms with Gasteiger partial charge in [0.05, 0.1) is 7.11 Å². The number of para-hydroxylation sites is 1. The summed E-state index contributed by atoms with van der Waals surface area (Å²) < 4.78 is 5.09. The molecule has 2 aromatic rings. The van der Waals surface area contributed by atoms with Crippen LogP contribution in [0.4, 0.5) is 0 Å². The van der Waals surface area contributed by atoms with Crippen LogP contribution in [0, 0.1) is 0 Å². The van der Waals surface area contributed by atoms with Crippen molar-refractivity contribution in [2.24, 2.45) is 0 Å². The number of nitrogens with one attached hydrogen (secondary N) is 1. The number of phenolic OH excluding ortho intramolecular Hbond substituents is 1. The third-order valence-corrected chi connectivity index (χ3v) is 3.92. The molecule has 106 valence electrons. The first-order chi connectivity index (χ1) is 9.81. The quantitative estimate of drug-likeness (QED) is 0.606. The monoisotopic (exact) mass is 289 g/mol. The van der Waals surface area contributed by atoms with Gasteiger partial charge in [-0.3, -0.25) is 0 Å². The maximum Gasteiger partial charge on any atom is 0.162 e. The van der Waals surface area contributed by atoms with Crippen molar-refractivity contribution >= 4 is 11.8 Å². The van der Waals surface area contributed by atoms with Crippen LogP contribution < -0.4 is 10.1 Å². The average molecular weight is 289 g/mol. The molecular formula is C16H19NO2S. The van der Waals surface area contributed by atoms with Crippen molar-refractivity contribution in [2.45, 2.75) is 11.4 Å². The van der Waals surface area contributed by atoms with Crippen molar-refractivity contribution in [3.8, 4) is 11.5 Å². The molecule has 0 saturated carbocycles. The van der Waals surface area contributed by atoms with Gasteiger partial charge in [0.25, 0.3) is 0 Å². The topological polar surface area (TPSA) is 41.5 Å². The molecule has 0 amide bonds. The molecule has 0 bridgehead atoms. The highest BCUT2D eigenvalue weighted by Gasteiger charge is 2.06. The maximum absolute atomic E-state index is 9.95. The summed E-state index contributed by atoms with van der Waals surface area (Å²) >= 11 is 1.82. The molecule has 0 unspecified atom stereocenters. The smallest absolute Gasteiger partial charge is 0.162 e. The second-order valence-corrected chi connectivity index (χ2v) is 5.47. The van der Waals surface area contributed by atoms with Crippen LogP contribution in [0.5, 0.6) is 11.5 Å². The number of benzene rings is 2. The lowest BCUT2D eigenvalue weighted by Crippen LogP contribution is -2.16. The molecule has 3 nitrogen and oxygen atoms in total. The van der Waals surface area contributed by atoms with Crippen LogP contribution in [0.15, 0.2) is 53.4 Å². The highest BCUT2D eigenvalue weighted by atomic mass is 32.2. The third kappa shape index (κ3) is 4.18. The SMILES string of the molecule is COc1cccc(CNCCSc2ccccc2)c1O. The van der Waals surface area contributed by atoms with E-state index in [1.54, 1.807) is 13.2 Å². The van der Waals surface area contributed by atoms with E-state index >= 15 is 0 Å². The first kappa shape index (κ1) is 14.8. The van der Waals surface area contributed by atoms with Crippen molar-refractivity contribution in [2.75, 3.05) is 19.4 Å². The zero-order valence-electron chi connectivity index (χ0n) is 11.5. The molecule has 4 heteroatoms. The van der Waals surface area contributed by atoms with Gasteiger partial charge in [-0.25, -0.2) is 0 Å². The fourth-order valence-electron chi connectivity index (χ4n) is 1.86. The van der Waals surface area contributed by atoms with Gasteiger partial charge in [0.2, 0.25) is 0 Å². The predicted molar refractivity (Wildman–Crippen MR) is 83.5 cm³/mol. The Morgan fingerprint density at radius 3 is 2.65 bits per heavy atom. The fourth-order valence-corrected chi connectivity index (χ4v) is 2.69. The van der Waals surface area contributed by atoms with Crippen LogP contribution in [-0.2, 0) is 6.54 Å². The Labute approximate surface area is 124 Å². The lowest BCUT2D eigenvalue weighted by atomic mass is 10.2. The van der Waals surface area contributed by atoms with Gasteiger partial charge in [0.1, 0.15) is 0 Å². The lowest BCUT2D eigenvalue weighted by Gasteiger charge is -2.09. The summed E-state index contributed by atoms with van der Waals surface area (Å²) in [6.45, 7) is 1.52. The fraction of sp³-hybridized carbons (Fsp3) is 0.250. The Morgan fingerprint density at radius 1 is 1.10 bits per heavy atom. The van der Waals surface area contributed by atoms with E-state index in [1.807, 2.05) is 42.1 Å². The van der Waals surface area contributed by atoms with E-state index in [1.165, 1.54) is 4.90 Å². The van der Waals surface area contributed by atoms with E-state index < -0.39 is 0 Å². The largest absolute Gasteiger partial charge is 0.504 e. The third-order valence-electron chi connectivity index (χ3n) is 2.91. The zero-order valence-corrected chi connectivity index (χ0v) is 12.3. The summed E-state index contributed by atoms with van der Waals surface area (Å²) in [7, 11) is 1.56. The number of hydrogen-bond donors (Lipinski definition) is 2. The molecule has 0 fully saturated rings. The Bertz CT molecular complexity index is 531. The molecule has 0 saturated heterocycles. The molecule has 2 N–H and O–H groups in total. The molecule has 2 aromatic carbocycles. The molecule has 20 heavy (non-hydrogen) atoms. The van der Waals surface area contributed by atoms with Gasteiger partial charge in [-0.15, -0.1) is 11.8 Å². The number of rotatable bonds is 7. The average Bonchev–Trinajstić information content (AvgIpc) is 2.49. The van der Waals surface area contributed by atoms with Crippen LogP contribution in [0.1, 0.15) is 5.56 Å². The van der Waals surface area contributed by atoms with E-state index in [-0.39, 0.29) is 5.75 Å². The van der Waals surface area contributed by atoms with Gasteiger partial charge >= 0.3 is 0 Å². The highest BCUT2D eigenvalue weighted by Crippen LogP contribution is 2.29. The van der Waals surface area contributed by atoms with Crippen LogP contribution in [0.2, 0.25) is 0 Å². The summed E-state index contributed by atoms with van der Waals surface area (Å²) in [4.78, 5) is 1.28.